The van der Waals surface area contributed by atoms with Crippen LogP contribution >= 0.6 is 0 Å². The highest BCUT2D eigenvalue weighted by Crippen LogP contribution is 2.24. The first-order valence-corrected chi connectivity index (χ1v) is 7.34. The molecule has 1 aromatic rings. The Kier molecular flexibility index (Phi) is 7.61. The van der Waals surface area contributed by atoms with Crippen molar-refractivity contribution in [2.45, 2.75) is 27.3 Å². The third kappa shape index (κ3) is 6.49. The highest BCUT2D eigenvalue weighted by Gasteiger charge is 2.08. The molecule has 0 aromatic heterocycles. The first-order chi connectivity index (χ1) is 10.1. The van der Waals surface area contributed by atoms with E-state index in [1.165, 1.54) is 0 Å². The van der Waals surface area contributed by atoms with Crippen LogP contribution in [-0.2, 0) is 11.3 Å². The molecule has 0 fully saturated rings. The minimum Gasteiger partial charge on any atom is -0.497 e. The van der Waals surface area contributed by atoms with Gasteiger partial charge in [-0.15, -0.1) is 0 Å². The van der Waals surface area contributed by atoms with Gasteiger partial charge >= 0.3 is 0 Å². The van der Waals surface area contributed by atoms with Gasteiger partial charge in [0, 0.05) is 18.7 Å². The van der Waals surface area contributed by atoms with E-state index in [4.69, 9.17) is 9.47 Å². The molecule has 2 N–H and O–H groups in total. The van der Waals surface area contributed by atoms with E-state index < -0.39 is 0 Å². The van der Waals surface area contributed by atoms with Gasteiger partial charge in [-0.1, -0.05) is 13.8 Å². The van der Waals surface area contributed by atoms with Crippen molar-refractivity contribution in [3.63, 3.8) is 0 Å². The smallest absolute Gasteiger partial charge is 0.257 e. The van der Waals surface area contributed by atoms with E-state index in [1.54, 1.807) is 7.11 Å². The van der Waals surface area contributed by atoms with Gasteiger partial charge in [-0.05, 0) is 37.6 Å². The highest BCUT2D eigenvalue weighted by atomic mass is 16.5. The summed E-state index contributed by atoms with van der Waals surface area (Å²) < 4.78 is 10.8. The minimum absolute atomic E-state index is 0.0251. The predicted octanol–water partition coefficient (Wildman–Crippen LogP) is 1.96. The average molecular weight is 294 g/mol. The minimum atomic E-state index is -0.116. The van der Waals surface area contributed by atoms with E-state index in [1.807, 2.05) is 25.1 Å². The fourth-order valence-electron chi connectivity index (χ4n) is 1.85. The van der Waals surface area contributed by atoms with Crippen molar-refractivity contribution in [1.82, 2.24) is 10.6 Å². The molecule has 0 heterocycles. The zero-order valence-electron chi connectivity index (χ0n) is 13.4. The normalized spacial score (nSPS) is 10.5. The number of hydrogen-bond donors (Lipinski definition) is 2. The Morgan fingerprint density at radius 3 is 2.71 bits per heavy atom. The van der Waals surface area contributed by atoms with E-state index in [0.29, 0.717) is 24.8 Å². The largest absolute Gasteiger partial charge is 0.497 e. The lowest BCUT2D eigenvalue weighted by Crippen LogP contribution is -2.28. The number of benzene rings is 1. The van der Waals surface area contributed by atoms with Crippen molar-refractivity contribution >= 4 is 5.91 Å². The van der Waals surface area contributed by atoms with Crippen LogP contribution in [0.2, 0.25) is 0 Å². The van der Waals surface area contributed by atoms with Crippen LogP contribution in [-0.4, -0.2) is 32.7 Å². The standard InChI is InChI=1S/C16H26N2O3/c1-5-18-16(19)11-21-15-7-6-14(20-4)8-13(15)10-17-9-12(2)3/h6-8,12,17H,5,9-11H2,1-4H3,(H,18,19). The second kappa shape index (κ2) is 9.23. The molecule has 0 saturated carbocycles. The number of hydrogen-bond acceptors (Lipinski definition) is 4. The number of amides is 1. The molecule has 0 aliphatic rings. The Morgan fingerprint density at radius 2 is 2.10 bits per heavy atom. The first kappa shape index (κ1) is 17.3. The average Bonchev–Trinajstić information content (AvgIpc) is 2.45. The molecule has 0 radical (unpaired) electrons. The van der Waals surface area contributed by atoms with Crippen LogP contribution in [0.4, 0.5) is 0 Å². The maximum absolute atomic E-state index is 11.5. The van der Waals surface area contributed by atoms with Gasteiger partial charge in [0.15, 0.2) is 6.61 Å². The van der Waals surface area contributed by atoms with Crippen LogP contribution in [0, 0.1) is 5.92 Å². The second-order valence-corrected chi connectivity index (χ2v) is 5.24. The van der Waals surface area contributed by atoms with Crippen LogP contribution in [0.1, 0.15) is 26.3 Å². The van der Waals surface area contributed by atoms with Gasteiger partial charge in [0.05, 0.1) is 7.11 Å². The van der Waals surface area contributed by atoms with Crippen molar-refractivity contribution in [3.05, 3.63) is 23.8 Å². The lowest BCUT2D eigenvalue weighted by atomic mass is 10.1. The van der Waals surface area contributed by atoms with Crippen LogP contribution < -0.4 is 20.1 Å². The fourth-order valence-corrected chi connectivity index (χ4v) is 1.85. The molecule has 0 bridgehead atoms. The van der Waals surface area contributed by atoms with E-state index in [0.717, 1.165) is 17.9 Å². The summed E-state index contributed by atoms with van der Waals surface area (Å²) in [6.07, 6.45) is 0. The van der Waals surface area contributed by atoms with Crippen LogP contribution in [0.15, 0.2) is 18.2 Å². The Bertz CT molecular complexity index is 447. The van der Waals surface area contributed by atoms with E-state index in [2.05, 4.69) is 24.5 Å². The molecule has 0 aliphatic heterocycles. The molecular weight excluding hydrogens is 268 g/mol. The third-order valence-corrected chi connectivity index (χ3v) is 2.87. The molecule has 0 saturated heterocycles. The Hall–Kier alpha value is -1.75. The summed E-state index contributed by atoms with van der Waals surface area (Å²) in [5.74, 6) is 1.95. The number of rotatable bonds is 9. The molecular formula is C16H26N2O3. The summed E-state index contributed by atoms with van der Waals surface area (Å²) in [7, 11) is 1.63. The van der Waals surface area contributed by atoms with Gasteiger partial charge in [0.2, 0.25) is 0 Å². The van der Waals surface area contributed by atoms with Gasteiger partial charge in [-0.3, -0.25) is 4.79 Å². The Balaban J connectivity index is 2.69. The van der Waals surface area contributed by atoms with E-state index in [9.17, 15) is 4.79 Å². The zero-order chi connectivity index (χ0) is 15.7. The van der Waals surface area contributed by atoms with Gasteiger partial charge in [-0.2, -0.15) is 0 Å². The molecule has 0 unspecified atom stereocenters. The van der Waals surface area contributed by atoms with Gasteiger partial charge < -0.3 is 20.1 Å². The molecule has 0 aliphatic carbocycles. The number of carbonyl (C=O) groups is 1. The highest BCUT2D eigenvalue weighted by molar-refractivity contribution is 5.77. The zero-order valence-corrected chi connectivity index (χ0v) is 13.4. The maximum Gasteiger partial charge on any atom is 0.257 e. The lowest BCUT2D eigenvalue weighted by molar-refractivity contribution is -0.122. The molecule has 0 spiro atoms. The van der Waals surface area contributed by atoms with Crippen molar-refractivity contribution in [1.29, 1.82) is 0 Å². The molecule has 0 atom stereocenters. The summed E-state index contributed by atoms with van der Waals surface area (Å²) in [5.41, 5.74) is 0.985. The third-order valence-electron chi connectivity index (χ3n) is 2.87. The molecule has 1 amide bonds. The number of likely N-dealkylation sites (N-methyl/N-ethyl adjacent to an activating group) is 1. The molecule has 5 heteroatoms. The maximum atomic E-state index is 11.5. The van der Waals surface area contributed by atoms with Gasteiger partial charge in [0.25, 0.3) is 5.91 Å². The molecule has 1 aromatic carbocycles. The Morgan fingerprint density at radius 1 is 1.33 bits per heavy atom. The number of nitrogens with one attached hydrogen (secondary N) is 2. The summed E-state index contributed by atoms with van der Waals surface area (Å²) >= 11 is 0. The molecule has 5 nitrogen and oxygen atoms in total. The number of methoxy groups -OCH3 is 1. The van der Waals surface area contributed by atoms with Crippen LogP contribution in [0.3, 0.4) is 0 Å². The SMILES string of the molecule is CCNC(=O)COc1ccc(OC)cc1CNCC(C)C. The second-order valence-electron chi connectivity index (χ2n) is 5.24. The topological polar surface area (TPSA) is 59.6 Å². The van der Waals surface area contributed by atoms with Crippen molar-refractivity contribution in [2.75, 3.05) is 26.8 Å². The summed E-state index contributed by atoms with van der Waals surface area (Å²) in [5, 5.41) is 6.08. The Labute approximate surface area is 127 Å². The predicted molar refractivity (Wildman–Crippen MR) is 83.7 cm³/mol. The molecule has 21 heavy (non-hydrogen) atoms. The van der Waals surface area contributed by atoms with Crippen molar-refractivity contribution < 1.29 is 14.3 Å². The molecule has 1 rings (SSSR count). The van der Waals surface area contributed by atoms with Crippen LogP contribution in [0.5, 0.6) is 11.5 Å². The quantitative estimate of drug-likeness (QED) is 0.731. The summed E-state index contributed by atoms with van der Waals surface area (Å²) in [6.45, 7) is 8.43. The fraction of sp³-hybridized carbons (Fsp3) is 0.562. The van der Waals surface area contributed by atoms with Crippen molar-refractivity contribution in [2.24, 2.45) is 5.92 Å². The summed E-state index contributed by atoms with van der Waals surface area (Å²) in [4.78, 5) is 11.5. The van der Waals surface area contributed by atoms with Crippen LogP contribution in [0.25, 0.3) is 0 Å². The molecule has 118 valence electrons. The lowest BCUT2D eigenvalue weighted by Gasteiger charge is -2.14. The summed E-state index contributed by atoms with van der Waals surface area (Å²) in [6, 6.07) is 5.60. The van der Waals surface area contributed by atoms with E-state index >= 15 is 0 Å². The van der Waals surface area contributed by atoms with Gasteiger partial charge in [-0.25, -0.2) is 0 Å². The van der Waals surface area contributed by atoms with Gasteiger partial charge in [0.1, 0.15) is 11.5 Å². The first-order valence-electron chi connectivity index (χ1n) is 7.34. The number of carbonyl (C=O) groups excluding carboxylic acids is 1. The van der Waals surface area contributed by atoms with E-state index in [-0.39, 0.29) is 12.5 Å². The van der Waals surface area contributed by atoms with Crippen molar-refractivity contribution in [3.8, 4) is 11.5 Å². The number of ether oxygens (including phenoxy) is 2. The monoisotopic (exact) mass is 294 g/mol.